The summed E-state index contributed by atoms with van der Waals surface area (Å²) in [6, 6.07) is 0. The summed E-state index contributed by atoms with van der Waals surface area (Å²) < 4.78 is 16.8. The Balaban J connectivity index is 4.50. The van der Waals surface area contributed by atoms with Gasteiger partial charge in [-0.3, -0.25) is 14.4 Å². The topological polar surface area (TPSA) is 78.9 Å². The molecule has 6 nitrogen and oxygen atoms in total. The first-order valence-corrected chi connectivity index (χ1v) is 28.3. The minimum Gasteiger partial charge on any atom is -0.462 e. The van der Waals surface area contributed by atoms with Crippen molar-refractivity contribution in [2.75, 3.05) is 13.2 Å². The van der Waals surface area contributed by atoms with E-state index >= 15 is 0 Å². The van der Waals surface area contributed by atoms with Gasteiger partial charge in [0.05, 0.1) is 0 Å². The third-order valence-electron chi connectivity index (χ3n) is 12.0. The van der Waals surface area contributed by atoms with Gasteiger partial charge in [-0.25, -0.2) is 0 Å². The Labute approximate surface area is 419 Å². The van der Waals surface area contributed by atoms with Gasteiger partial charge in [0.25, 0.3) is 0 Å². The maximum absolute atomic E-state index is 12.8. The SMILES string of the molecule is CC\C=C/C=C\C=C/C=C\C=C/CCCCCC(=O)OCC(COC(=O)CCCCCCCCCCCCCCCCCCCC)OC(=O)CCC/C=C\C/C=C\C/C=C\CCCCCCCC. The van der Waals surface area contributed by atoms with Gasteiger partial charge in [0.2, 0.25) is 0 Å². The van der Waals surface area contributed by atoms with Crippen molar-refractivity contribution < 1.29 is 28.6 Å². The summed E-state index contributed by atoms with van der Waals surface area (Å²) >= 11 is 0. The molecule has 0 bridgehead atoms. The average Bonchev–Trinajstić information content (AvgIpc) is 3.34. The molecule has 0 spiro atoms. The first-order chi connectivity index (χ1) is 33.5. The molecule has 0 rings (SSSR count). The minimum absolute atomic E-state index is 0.110. The molecule has 0 saturated carbocycles. The Kier molecular flexibility index (Phi) is 52.9. The van der Waals surface area contributed by atoms with Gasteiger partial charge < -0.3 is 14.2 Å². The molecule has 1 atom stereocenters. The molecule has 6 heteroatoms. The lowest BCUT2D eigenvalue weighted by Gasteiger charge is -2.18. The van der Waals surface area contributed by atoms with Crippen LogP contribution in [0.15, 0.2) is 97.2 Å². The first-order valence-electron chi connectivity index (χ1n) is 28.3. The molecule has 68 heavy (non-hydrogen) atoms. The van der Waals surface area contributed by atoms with Crippen molar-refractivity contribution in [3.63, 3.8) is 0 Å². The van der Waals surface area contributed by atoms with Gasteiger partial charge in [0.1, 0.15) is 13.2 Å². The number of hydrogen-bond donors (Lipinski definition) is 0. The van der Waals surface area contributed by atoms with Crippen LogP contribution in [0.4, 0.5) is 0 Å². The van der Waals surface area contributed by atoms with Crippen molar-refractivity contribution in [1.29, 1.82) is 0 Å². The van der Waals surface area contributed by atoms with E-state index in [-0.39, 0.29) is 37.5 Å². The summed E-state index contributed by atoms with van der Waals surface area (Å²) in [6.07, 6.45) is 74.0. The van der Waals surface area contributed by atoms with Gasteiger partial charge in [0.15, 0.2) is 6.10 Å². The van der Waals surface area contributed by atoms with E-state index in [0.717, 1.165) is 70.6 Å². The summed E-state index contributed by atoms with van der Waals surface area (Å²) in [5.41, 5.74) is 0. The Morgan fingerprint density at radius 3 is 1.09 bits per heavy atom. The van der Waals surface area contributed by atoms with Crippen LogP contribution in [0.2, 0.25) is 0 Å². The van der Waals surface area contributed by atoms with Gasteiger partial charge in [-0.1, -0.05) is 266 Å². The number of carbonyl (C=O) groups is 3. The van der Waals surface area contributed by atoms with Gasteiger partial charge in [-0.15, -0.1) is 0 Å². The van der Waals surface area contributed by atoms with Crippen molar-refractivity contribution in [2.45, 2.75) is 264 Å². The van der Waals surface area contributed by atoms with E-state index in [4.69, 9.17) is 14.2 Å². The maximum Gasteiger partial charge on any atom is 0.306 e. The molecular weight excluding hydrogens is 841 g/mol. The van der Waals surface area contributed by atoms with Crippen molar-refractivity contribution in [3.05, 3.63) is 97.2 Å². The quantitative estimate of drug-likeness (QED) is 0.0199. The number of unbranched alkanes of at least 4 members (excludes halogenated alkanes) is 27. The number of rotatable bonds is 50. The number of hydrogen-bond acceptors (Lipinski definition) is 6. The molecular formula is C62H104O6. The molecule has 0 aliphatic carbocycles. The second-order valence-electron chi connectivity index (χ2n) is 18.6. The van der Waals surface area contributed by atoms with Crippen LogP contribution in [0.3, 0.4) is 0 Å². The first kappa shape index (κ1) is 64.3. The Bertz CT molecular complexity index is 1360. The minimum atomic E-state index is -0.821. The summed E-state index contributed by atoms with van der Waals surface area (Å²) in [4.78, 5) is 38.1. The second kappa shape index (κ2) is 55.9. The molecule has 0 amide bonds. The van der Waals surface area contributed by atoms with Gasteiger partial charge >= 0.3 is 17.9 Å². The number of carbonyl (C=O) groups excluding carboxylic acids is 3. The van der Waals surface area contributed by atoms with E-state index < -0.39 is 6.10 Å². The van der Waals surface area contributed by atoms with Crippen molar-refractivity contribution in [1.82, 2.24) is 0 Å². The van der Waals surface area contributed by atoms with E-state index in [1.807, 2.05) is 48.6 Å². The number of allylic oxidation sites excluding steroid dienone is 16. The molecule has 1 unspecified atom stereocenters. The van der Waals surface area contributed by atoms with E-state index in [1.165, 1.54) is 141 Å². The Morgan fingerprint density at radius 2 is 0.647 bits per heavy atom. The van der Waals surface area contributed by atoms with Crippen LogP contribution in [-0.4, -0.2) is 37.2 Å². The fourth-order valence-corrected chi connectivity index (χ4v) is 7.72. The lowest BCUT2D eigenvalue weighted by Crippen LogP contribution is -2.30. The zero-order valence-corrected chi connectivity index (χ0v) is 44.3. The summed E-state index contributed by atoms with van der Waals surface area (Å²) in [6.45, 7) is 6.42. The summed E-state index contributed by atoms with van der Waals surface area (Å²) in [7, 11) is 0. The predicted octanol–water partition coefficient (Wildman–Crippen LogP) is 18.9. The Morgan fingerprint density at radius 1 is 0.324 bits per heavy atom. The van der Waals surface area contributed by atoms with E-state index in [0.29, 0.717) is 19.3 Å². The predicted molar refractivity (Wildman–Crippen MR) is 293 cm³/mol. The van der Waals surface area contributed by atoms with Crippen LogP contribution in [0.25, 0.3) is 0 Å². The second-order valence-corrected chi connectivity index (χ2v) is 18.6. The molecule has 0 heterocycles. The molecule has 0 aliphatic heterocycles. The largest absolute Gasteiger partial charge is 0.462 e. The van der Waals surface area contributed by atoms with Crippen molar-refractivity contribution in [3.8, 4) is 0 Å². The van der Waals surface area contributed by atoms with Crippen LogP contribution >= 0.6 is 0 Å². The van der Waals surface area contributed by atoms with Crippen LogP contribution in [0.1, 0.15) is 258 Å². The zero-order chi connectivity index (χ0) is 49.3. The highest BCUT2D eigenvalue weighted by Crippen LogP contribution is 2.16. The van der Waals surface area contributed by atoms with E-state index in [2.05, 4.69) is 69.4 Å². The molecule has 0 radical (unpaired) electrons. The van der Waals surface area contributed by atoms with E-state index in [9.17, 15) is 14.4 Å². The van der Waals surface area contributed by atoms with Gasteiger partial charge in [-0.05, 0) is 70.6 Å². The molecule has 0 aliphatic rings. The highest BCUT2D eigenvalue weighted by atomic mass is 16.6. The standard InChI is InChI=1S/C62H104O6/c1-4-7-10-13-16-19-22-25-28-30-32-34-37-40-43-46-49-52-55-61(64)67-58-59(57-66-60(63)54-51-48-45-42-39-36-33-27-24-21-18-15-12-9-6-3)68-62(65)56-53-50-47-44-41-38-35-31-29-26-23-20-17-14-11-8-5-2/h9,12,15,18,21,24,26-27,29,33,35-36,38-39,44,47,59H,4-8,10-11,13-14,16-17,19-20,22-23,25,28,30-32,34,37,40-43,45-46,48-58H2,1-3H3/b12-9-,18-15-,24-21-,29-26-,33-27-,38-35-,39-36-,47-44-. The lowest BCUT2D eigenvalue weighted by atomic mass is 10.0. The lowest BCUT2D eigenvalue weighted by molar-refractivity contribution is -0.167. The fraction of sp³-hybridized carbons (Fsp3) is 0.694. The van der Waals surface area contributed by atoms with Crippen LogP contribution < -0.4 is 0 Å². The third-order valence-corrected chi connectivity index (χ3v) is 12.0. The molecule has 0 aromatic rings. The third kappa shape index (κ3) is 53.3. The number of ether oxygens (including phenoxy) is 3. The molecule has 0 saturated heterocycles. The summed E-state index contributed by atoms with van der Waals surface area (Å²) in [5, 5.41) is 0. The van der Waals surface area contributed by atoms with Crippen LogP contribution in [-0.2, 0) is 28.6 Å². The Hall–Kier alpha value is -3.67. The fourth-order valence-electron chi connectivity index (χ4n) is 7.72. The number of esters is 3. The van der Waals surface area contributed by atoms with Gasteiger partial charge in [0, 0.05) is 19.3 Å². The molecule has 0 fully saturated rings. The van der Waals surface area contributed by atoms with E-state index in [1.54, 1.807) is 0 Å². The maximum atomic E-state index is 12.8. The smallest absolute Gasteiger partial charge is 0.306 e. The highest BCUT2D eigenvalue weighted by Gasteiger charge is 2.19. The molecule has 0 N–H and O–H groups in total. The zero-order valence-electron chi connectivity index (χ0n) is 44.3. The average molecular weight is 946 g/mol. The van der Waals surface area contributed by atoms with Crippen molar-refractivity contribution in [2.24, 2.45) is 0 Å². The molecule has 0 aromatic heterocycles. The van der Waals surface area contributed by atoms with Gasteiger partial charge in [-0.2, -0.15) is 0 Å². The van der Waals surface area contributed by atoms with Crippen LogP contribution in [0, 0.1) is 0 Å². The monoisotopic (exact) mass is 945 g/mol. The molecule has 0 aromatic carbocycles. The van der Waals surface area contributed by atoms with Crippen molar-refractivity contribution >= 4 is 17.9 Å². The van der Waals surface area contributed by atoms with Crippen LogP contribution in [0.5, 0.6) is 0 Å². The highest BCUT2D eigenvalue weighted by molar-refractivity contribution is 5.71. The summed E-state index contributed by atoms with van der Waals surface area (Å²) in [5.74, 6) is -1.00. The normalized spacial score (nSPS) is 12.8. The molecule has 388 valence electrons.